The Bertz CT molecular complexity index is 341. The molecule has 2 aliphatic rings. The summed E-state index contributed by atoms with van der Waals surface area (Å²) in [7, 11) is 0. The van der Waals surface area contributed by atoms with Crippen LogP contribution >= 0.6 is 0 Å². The van der Waals surface area contributed by atoms with Crippen molar-refractivity contribution >= 4 is 12.0 Å². The fourth-order valence-electron chi connectivity index (χ4n) is 2.39. The summed E-state index contributed by atoms with van der Waals surface area (Å²) in [5.74, 6) is -0.895. The molecule has 6 heteroatoms. The molecule has 1 saturated carbocycles. The van der Waals surface area contributed by atoms with E-state index in [1.54, 1.807) is 4.90 Å². The molecule has 0 aromatic heterocycles. The second kappa shape index (κ2) is 5.14. The second-order valence-corrected chi connectivity index (χ2v) is 5.38. The third-order valence-electron chi connectivity index (χ3n) is 3.69. The number of nitrogens with zero attached hydrogens (tertiary/aromatic N) is 1. The number of amides is 2. The van der Waals surface area contributed by atoms with Gasteiger partial charge in [0.05, 0.1) is 19.1 Å². The van der Waals surface area contributed by atoms with Gasteiger partial charge in [0.2, 0.25) is 0 Å². The average molecular weight is 256 g/mol. The molecule has 0 spiro atoms. The number of carboxylic acids is 1. The topological polar surface area (TPSA) is 78.9 Å². The molecule has 0 bridgehead atoms. The van der Waals surface area contributed by atoms with E-state index in [9.17, 15) is 9.59 Å². The molecule has 1 aliphatic carbocycles. The molecule has 1 aliphatic heterocycles. The van der Waals surface area contributed by atoms with Gasteiger partial charge in [-0.05, 0) is 26.2 Å². The molecule has 2 fully saturated rings. The molecule has 1 saturated heterocycles. The zero-order valence-corrected chi connectivity index (χ0v) is 10.6. The van der Waals surface area contributed by atoms with E-state index in [0.717, 1.165) is 19.3 Å². The highest BCUT2D eigenvalue weighted by molar-refractivity contribution is 5.75. The van der Waals surface area contributed by atoms with Crippen LogP contribution < -0.4 is 5.32 Å². The van der Waals surface area contributed by atoms with Crippen LogP contribution in [0.3, 0.4) is 0 Å². The van der Waals surface area contributed by atoms with Crippen molar-refractivity contribution in [3.63, 3.8) is 0 Å². The lowest BCUT2D eigenvalue weighted by molar-refractivity contribution is -0.141. The van der Waals surface area contributed by atoms with Crippen LogP contribution in [0.2, 0.25) is 0 Å². The maximum Gasteiger partial charge on any atom is 0.317 e. The van der Waals surface area contributed by atoms with Gasteiger partial charge in [-0.25, -0.2) is 4.79 Å². The summed E-state index contributed by atoms with van der Waals surface area (Å²) < 4.78 is 5.34. The summed E-state index contributed by atoms with van der Waals surface area (Å²) in [5.41, 5.74) is -0.0717. The zero-order valence-electron chi connectivity index (χ0n) is 10.6. The van der Waals surface area contributed by atoms with Crippen molar-refractivity contribution < 1.29 is 19.4 Å². The number of carboxylic acid groups (broad SMARTS) is 1. The van der Waals surface area contributed by atoms with Crippen molar-refractivity contribution in [1.82, 2.24) is 10.2 Å². The molecule has 18 heavy (non-hydrogen) atoms. The normalized spacial score (nSPS) is 26.3. The zero-order chi connectivity index (χ0) is 13.2. The summed E-state index contributed by atoms with van der Waals surface area (Å²) in [5, 5.41) is 11.7. The Hall–Kier alpha value is -1.30. The smallest absolute Gasteiger partial charge is 0.317 e. The molecular weight excluding hydrogens is 236 g/mol. The molecule has 1 atom stereocenters. The lowest BCUT2D eigenvalue weighted by Gasteiger charge is -2.42. The van der Waals surface area contributed by atoms with Crippen LogP contribution in [0.1, 0.15) is 32.6 Å². The van der Waals surface area contributed by atoms with Gasteiger partial charge in [0.15, 0.2) is 0 Å². The van der Waals surface area contributed by atoms with Gasteiger partial charge in [0.25, 0.3) is 0 Å². The number of urea groups is 1. The second-order valence-electron chi connectivity index (χ2n) is 5.38. The Kier molecular flexibility index (Phi) is 3.75. The van der Waals surface area contributed by atoms with Crippen LogP contribution in [0.25, 0.3) is 0 Å². The lowest BCUT2D eigenvalue weighted by Crippen LogP contribution is -2.58. The van der Waals surface area contributed by atoms with Crippen LogP contribution in [0.5, 0.6) is 0 Å². The Morgan fingerprint density at radius 2 is 2.22 bits per heavy atom. The molecule has 2 N–H and O–H groups in total. The van der Waals surface area contributed by atoms with E-state index in [1.165, 1.54) is 0 Å². The molecule has 2 amide bonds. The number of aliphatic carboxylic acids is 1. The molecule has 6 nitrogen and oxygen atoms in total. The monoisotopic (exact) mass is 256 g/mol. The first-order chi connectivity index (χ1) is 8.48. The number of ether oxygens (including phenoxy) is 1. The van der Waals surface area contributed by atoms with Crippen LogP contribution in [-0.4, -0.2) is 53.3 Å². The maximum atomic E-state index is 12.0. The highest BCUT2D eigenvalue weighted by Crippen LogP contribution is 2.31. The minimum atomic E-state index is -0.895. The number of rotatable bonds is 3. The number of carbonyl (C=O) groups excluding carboxylic acids is 1. The minimum absolute atomic E-state index is 0.0545. The average Bonchev–Trinajstić information content (AvgIpc) is 2.26. The van der Waals surface area contributed by atoms with Crippen molar-refractivity contribution in [2.75, 3.05) is 19.7 Å². The summed E-state index contributed by atoms with van der Waals surface area (Å²) in [6, 6.07) is -0.101. The molecule has 0 aromatic rings. The third-order valence-corrected chi connectivity index (χ3v) is 3.69. The Morgan fingerprint density at radius 3 is 2.78 bits per heavy atom. The summed E-state index contributed by atoms with van der Waals surface area (Å²) in [6.07, 6.45) is 2.74. The van der Waals surface area contributed by atoms with Gasteiger partial charge in [-0.15, -0.1) is 0 Å². The number of hydrogen-bond acceptors (Lipinski definition) is 3. The van der Waals surface area contributed by atoms with Crippen LogP contribution in [0.15, 0.2) is 0 Å². The number of nitrogens with one attached hydrogen (secondary N) is 1. The van der Waals surface area contributed by atoms with Crippen molar-refractivity contribution in [3.8, 4) is 0 Å². The van der Waals surface area contributed by atoms with Crippen molar-refractivity contribution in [3.05, 3.63) is 0 Å². The Morgan fingerprint density at radius 1 is 1.50 bits per heavy atom. The van der Waals surface area contributed by atoms with Crippen LogP contribution in [0, 0.1) is 0 Å². The number of morpholine rings is 1. The summed E-state index contributed by atoms with van der Waals surface area (Å²) >= 11 is 0. The van der Waals surface area contributed by atoms with Gasteiger partial charge >= 0.3 is 12.0 Å². The Labute approximate surface area is 106 Å². The molecule has 1 unspecified atom stereocenters. The van der Waals surface area contributed by atoms with Crippen molar-refractivity contribution in [2.45, 2.75) is 44.2 Å². The SMILES string of the molecule is CC1(NC(=O)N2CCOC(CC(=O)O)C2)CCC1. The summed E-state index contributed by atoms with van der Waals surface area (Å²) in [4.78, 5) is 24.3. The van der Waals surface area contributed by atoms with Crippen molar-refractivity contribution in [1.29, 1.82) is 0 Å². The van der Waals surface area contributed by atoms with E-state index in [1.807, 2.05) is 6.92 Å². The van der Waals surface area contributed by atoms with E-state index in [-0.39, 0.29) is 18.0 Å². The van der Waals surface area contributed by atoms with Gasteiger partial charge < -0.3 is 20.1 Å². The molecule has 1 heterocycles. The third kappa shape index (κ3) is 3.13. The van der Waals surface area contributed by atoms with Crippen LogP contribution in [0.4, 0.5) is 4.79 Å². The molecule has 0 radical (unpaired) electrons. The lowest BCUT2D eigenvalue weighted by atomic mass is 9.79. The first-order valence-corrected chi connectivity index (χ1v) is 6.39. The maximum absolute atomic E-state index is 12.0. The Balaban J connectivity index is 1.84. The fraction of sp³-hybridized carbons (Fsp3) is 0.833. The van der Waals surface area contributed by atoms with E-state index < -0.39 is 12.1 Å². The molecule has 2 rings (SSSR count). The van der Waals surface area contributed by atoms with Crippen molar-refractivity contribution in [2.24, 2.45) is 0 Å². The van der Waals surface area contributed by atoms with E-state index in [0.29, 0.717) is 19.7 Å². The largest absolute Gasteiger partial charge is 0.481 e. The standard InChI is InChI=1S/C12H20N2O4/c1-12(3-2-4-12)13-11(17)14-5-6-18-9(8-14)7-10(15)16/h9H,2-8H2,1H3,(H,13,17)(H,15,16). The van der Waals surface area contributed by atoms with Crippen LogP contribution in [-0.2, 0) is 9.53 Å². The summed E-state index contributed by atoms with van der Waals surface area (Å²) in [6.45, 7) is 3.33. The fourth-order valence-corrected chi connectivity index (χ4v) is 2.39. The number of carbonyl (C=O) groups is 2. The van der Waals surface area contributed by atoms with Gasteiger partial charge in [-0.3, -0.25) is 4.79 Å². The van der Waals surface area contributed by atoms with E-state index in [2.05, 4.69) is 5.32 Å². The number of hydrogen-bond donors (Lipinski definition) is 2. The minimum Gasteiger partial charge on any atom is -0.481 e. The van der Waals surface area contributed by atoms with Gasteiger partial charge in [-0.2, -0.15) is 0 Å². The van der Waals surface area contributed by atoms with E-state index in [4.69, 9.17) is 9.84 Å². The van der Waals surface area contributed by atoms with Gasteiger partial charge in [0, 0.05) is 18.6 Å². The van der Waals surface area contributed by atoms with Gasteiger partial charge in [0.1, 0.15) is 0 Å². The first-order valence-electron chi connectivity index (χ1n) is 6.39. The predicted octanol–water partition coefficient (Wildman–Crippen LogP) is 0.814. The quantitative estimate of drug-likeness (QED) is 0.783. The predicted molar refractivity (Wildman–Crippen MR) is 64.4 cm³/mol. The molecular formula is C12H20N2O4. The van der Waals surface area contributed by atoms with Gasteiger partial charge in [-0.1, -0.05) is 0 Å². The highest BCUT2D eigenvalue weighted by Gasteiger charge is 2.35. The van der Waals surface area contributed by atoms with E-state index >= 15 is 0 Å². The molecule has 102 valence electrons. The highest BCUT2D eigenvalue weighted by atomic mass is 16.5. The molecule has 0 aromatic carbocycles. The first kappa shape index (κ1) is 13.1.